The van der Waals surface area contributed by atoms with E-state index in [1.54, 1.807) is 17.6 Å². The third-order valence-electron chi connectivity index (χ3n) is 4.69. The molecule has 0 aromatic carbocycles. The molecule has 2 unspecified atom stereocenters. The van der Waals surface area contributed by atoms with Crippen LogP contribution in [0.2, 0.25) is 0 Å². The van der Waals surface area contributed by atoms with E-state index in [0.717, 1.165) is 0 Å². The van der Waals surface area contributed by atoms with Crippen LogP contribution >= 0.6 is 0 Å². The standard InChI is InChI=1S/C17H17F3N4O5/c1-2-3-6-10(25)23-16(17(18,19)20)11-12(21-14(16)27)24(15(28)22-13(11)26)8-9-5-4-7-29-9/h4-5,7,11H,2-3,6,8H2,1H3,(H,23,25)(H,22,26,28). The number of urea groups is 1. The molecule has 0 saturated carbocycles. The Balaban J connectivity index is 2.02. The number of carbonyl (C=O) groups excluding carboxylic acids is 4. The van der Waals surface area contributed by atoms with Crippen LogP contribution in [0.1, 0.15) is 31.9 Å². The normalized spacial score (nSPS) is 24.3. The first-order valence-corrected chi connectivity index (χ1v) is 8.77. The fourth-order valence-corrected chi connectivity index (χ4v) is 3.27. The Morgan fingerprint density at radius 2 is 2.10 bits per heavy atom. The van der Waals surface area contributed by atoms with Crippen molar-refractivity contribution in [1.29, 1.82) is 0 Å². The minimum absolute atomic E-state index is 0.194. The summed E-state index contributed by atoms with van der Waals surface area (Å²) in [6.07, 6.45) is -3.48. The Bertz CT molecular complexity index is 880. The fourth-order valence-electron chi connectivity index (χ4n) is 3.27. The van der Waals surface area contributed by atoms with Gasteiger partial charge in [0, 0.05) is 6.42 Å². The van der Waals surface area contributed by atoms with Crippen molar-refractivity contribution in [3.8, 4) is 0 Å². The lowest BCUT2D eigenvalue weighted by Gasteiger charge is -2.39. The lowest BCUT2D eigenvalue weighted by molar-refractivity contribution is -0.206. The molecule has 0 radical (unpaired) electrons. The molecule has 2 aliphatic heterocycles. The van der Waals surface area contributed by atoms with E-state index in [0.29, 0.717) is 17.7 Å². The van der Waals surface area contributed by atoms with Crippen molar-refractivity contribution in [1.82, 2.24) is 15.5 Å². The minimum atomic E-state index is -5.34. The van der Waals surface area contributed by atoms with Crippen LogP contribution in [0.15, 0.2) is 27.8 Å². The van der Waals surface area contributed by atoms with Gasteiger partial charge in [0.2, 0.25) is 17.4 Å². The number of hydrogen-bond acceptors (Lipinski definition) is 5. The second-order valence-corrected chi connectivity index (χ2v) is 6.63. The number of rotatable bonds is 6. The van der Waals surface area contributed by atoms with Crippen LogP contribution < -0.4 is 10.6 Å². The molecule has 2 aliphatic rings. The number of aliphatic imine (C=N–C) groups is 1. The molecule has 12 heteroatoms. The number of imide groups is 1. The number of unbranched alkanes of at least 4 members (excludes halogenated alkanes) is 1. The van der Waals surface area contributed by atoms with Crippen LogP contribution in [0, 0.1) is 5.92 Å². The number of amides is 5. The van der Waals surface area contributed by atoms with Gasteiger partial charge in [0.1, 0.15) is 17.5 Å². The SMILES string of the molecule is CCCCC(=O)NC1(C(F)(F)F)C(=O)N=C2C1C(=O)NC(=O)N2Cc1ccco1. The first-order chi connectivity index (χ1) is 13.6. The van der Waals surface area contributed by atoms with Gasteiger partial charge in [-0.2, -0.15) is 18.2 Å². The lowest BCUT2D eigenvalue weighted by Crippen LogP contribution is -2.72. The number of fused-ring (bicyclic) bond motifs is 1. The molecule has 1 aromatic heterocycles. The summed E-state index contributed by atoms with van der Waals surface area (Å²) in [5.41, 5.74) is -3.58. The monoisotopic (exact) mass is 414 g/mol. The van der Waals surface area contributed by atoms with Crippen LogP contribution in [0.5, 0.6) is 0 Å². The second kappa shape index (κ2) is 7.33. The van der Waals surface area contributed by atoms with E-state index in [1.807, 2.05) is 0 Å². The maximum Gasteiger partial charge on any atom is 0.422 e. The number of amidine groups is 1. The molecule has 0 aliphatic carbocycles. The third-order valence-corrected chi connectivity index (χ3v) is 4.69. The summed E-state index contributed by atoms with van der Waals surface area (Å²) in [5.74, 6) is -6.91. The molecule has 1 fully saturated rings. The molecule has 156 valence electrons. The van der Waals surface area contributed by atoms with E-state index in [-0.39, 0.29) is 18.7 Å². The Kier molecular flexibility index (Phi) is 5.20. The predicted octanol–water partition coefficient (Wildman–Crippen LogP) is 1.49. The highest BCUT2D eigenvalue weighted by molar-refractivity contribution is 6.27. The van der Waals surface area contributed by atoms with Gasteiger partial charge in [0.15, 0.2) is 0 Å². The average Bonchev–Trinajstić information content (AvgIpc) is 3.23. The zero-order valence-electron chi connectivity index (χ0n) is 15.2. The van der Waals surface area contributed by atoms with Gasteiger partial charge in [0.05, 0.1) is 12.8 Å². The number of hydrogen-bond donors (Lipinski definition) is 2. The Hall–Kier alpha value is -3.18. The molecule has 2 atom stereocenters. The van der Waals surface area contributed by atoms with Gasteiger partial charge in [-0.25, -0.2) is 4.79 Å². The summed E-state index contributed by atoms with van der Waals surface area (Å²) in [6, 6.07) is 1.90. The predicted molar refractivity (Wildman–Crippen MR) is 90.2 cm³/mol. The number of alkyl halides is 3. The highest BCUT2D eigenvalue weighted by Gasteiger charge is 2.73. The largest absolute Gasteiger partial charge is 0.467 e. The van der Waals surface area contributed by atoms with Gasteiger partial charge >= 0.3 is 12.2 Å². The van der Waals surface area contributed by atoms with E-state index < -0.39 is 47.2 Å². The molecular formula is C17H17F3N4O5. The second-order valence-electron chi connectivity index (χ2n) is 6.63. The number of carbonyl (C=O) groups is 4. The van der Waals surface area contributed by atoms with Crippen LogP contribution in [-0.2, 0) is 20.9 Å². The Morgan fingerprint density at radius 1 is 1.38 bits per heavy atom. The number of nitrogens with zero attached hydrogens (tertiary/aromatic N) is 2. The van der Waals surface area contributed by atoms with Crippen LogP contribution in [0.4, 0.5) is 18.0 Å². The van der Waals surface area contributed by atoms with Crippen LogP contribution in [-0.4, -0.2) is 46.2 Å². The summed E-state index contributed by atoms with van der Waals surface area (Å²) in [4.78, 5) is 53.2. The Labute approximate surface area is 162 Å². The molecule has 0 spiro atoms. The summed E-state index contributed by atoms with van der Waals surface area (Å²) in [7, 11) is 0. The summed E-state index contributed by atoms with van der Waals surface area (Å²) < 4.78 is 47.3. The number of halogens is 3. The first-order valence-electron chi connectivity index (χ1n) is 8.77. The molecule has 3 heterocycles. The van der Waals surface area contributed by atoms with Gasteiger partial charge in [-0.1, -0.05) is 13.3 Å². The van der Waals surface area contributed by atoms with Crippen molar-refractivity contribution in [2.75, 3.05) is 0 Å². The average molecular weight is 414 g/mol. The maximum absolute atomic E-state index is 14.1. The number of nitrogens with one attached hydrogen (secondary N) is 2. The molecule has 1 aromatic rings. The van der Waals surface area contributed by atoms with Crippen molar-refractivity contribution in [3.05, 3.63) is 24.2 Å². The molecular weight excluding hydrogens is 397 g/mol. The number of furan rings is 1. The van der Waals surface area contributed by atoms with E-state index in [4.69, 9.17) is 4.42 Å². The molecule has 5 amide bonds. The zero-order chi connectivity index (χ0) is 21.4. The van der Waals surface area contributed by atoms with Crippen molar-refractivity contribution in [2.45, 2.75) is 44.4 Å². The minimum Gasteiger partial charge on any atom is -0.467 e. The molecule has 0 bridgehead atoms. The van der Waals surface area contributed by atoms with Crippen molar-refractivity contribution >= 4 is 29.6 Å². The first kappa shape index (κ1) is 20.6. The third kappa shape index (κ3) is 3.38. The molecule has 3 rings (SSSR count). The van der Waals surface area contributed by atoms with E-state index in [2.05, 4.69) is 4.99 Å². The van der Waals surface area contributed by atoms with Crippen molar-refractivity contribution in [3.63, 3.8) is 0 Å². The van der Waals surface area contributed by atoms with E-state index >= 15 is 0 Å². The Morgan fingerprint density at radius 3 is 2.69 bits per heavy atom. The van der Waals surface area contributed by atoms with Crippen LogP contribution in [0.3, 0.4) is 0 Å². The van der Waals surface area contributed by atoms with Crippen molar-refractivity contribution in [2.24, 2.45) is 10.9 Å². The molecule has 29 heavy (non-hydrogen) atoms. The van der Waals surface area contributed by atoms with E-state index in [1.165, 1.54) is 18.4 Å². The summed E-state index contributed by atoms with van der Waals surface area (Å²) in [6.45, 7) is 1.38. The van der Waals surface area contributed by atoms with E-state index in [9.17, 15) is 32.3 Å². The smallest absolute Gasteiger partial charge is 0.422 e. The highest BCUT2D eigenvalue weighted by Crippen LogP contribution is 2.44. The van der Waals surface area contributed by atoms with Gasteiger partial charge < -0.3 is 9.73 Å². The molecule has 2 N–H and O–H groups in total. The highest BCUT2D eigenvalue weighted by atomic mass is 19.4. The molecule has 9 nitrogen and oxygen atoms in total. The van der Waals surface area contributed by atoms with Gasteiger partial charge in [-0.15, -0.1) is 0 Å². The van der Waals surface area contributed by atoms with Gasteiger partial charge in [-0.05, 0) is 18.6 Å². The topological polar surface area (TPSA) is 121 Å². The van der Waals surface area contributed by atoms with Gasteiger partial charge in [-0.3, -0.25) is 24.6 Å². The zero-order valence-corrected chi connectivity index (χ0v) is 15.2. The molecule has 1 saturated heterocycles. The fraction of sp³-hybridized carbons (Fsp3) is 0.471. The maximum atomic E-state index is 14.1. The van der Waals surface area contributed by atoms with Crippen molar-refractivity contribution < 1.29 is 36.8 Å². The summed E-state index contributed by atoms with van der Waals surface area (Å²) >= 11 is 0. The summed E-state index contributed by atoms with van der Waals surface area (Å²) in [5, 5.41) is 3.49. The van der Waals surface area contributed by atoms with Crippen LogP contribution in [0.25, 0.3) is 0 Å². The lowest BCUT2D eigenvalue weighted by atomic mass is 9.81. The quantitative estimate of drug-likeness (QED) is 0.731. The van der Waals surface area contributed by atoms with Gasteiger partial charge in [0.25, 0.3) is 5.91 Å².